The maximum Gasteiger partial charge on any atom is 0.254 e. The molecule has 3 heterocycles. The Morgan fingerprint density at radius 1 is 0.972 bits per heavy atom. The summed E-state index contributed by atoms with van der Waals surface area (Å²) in [5, 5.41) is 9.80. The minimum Gasteiger partial charge on any atom is -0.337 e. The monoisotopic (exact) mass is 478 g/mol. The summed E-state index contributed by atoms with van der Waals surface area (Å²) in [5.41, 5.74) is 6.37. The molecule has 0 aliphatic rings. The highest BCUT2D eigenvalue weighted by molar-refractivity contribution is 6.06. The second kappa shape index (κ2) is 9.77. The van der Waals surface area contributed by atoms with Crippen molar-refractivity contribution in [3.8, 4) is 11.3 Å². The minimum absolute atomic E-state index is 0.0728. The smallest absolute Gasteiger partial charge is 0.254 e. The van der Waals surface area contributed by atoms with Gasteiger partial charge >= 0.3 is 0 Å². The molecule has 5 rings (SSSR count). The lowest BCUT2D eigenvalue weighted by Crippen LogP contribution is -2.26. The minimum atomic E-state index is -0.0728. The molecule has 182 valence electrons. The van der Waals surface area contributed by atoms with Crippen LogP contribution in [0.2, 0.25) is 0 Å². The molecule has 0 atom stereocenters. The predicted octanol–water partition coefficient (Wildman–Crippen LogP) is 5.50. The molecule has 7 heteroatoms. The molecule has 0 N–H and O–H groups in total. The highest BCUT2D eigenvalue weighted by Gasteiger charge is 2.22. The first-order valence-electron chi connectivity index (χ1n) is 12.2. The number of aromatic nitrogens is 5. The molecular formula is C29H30N6O. The highest BCUT2D eigenvalue weighted by atomic mass is 16.2. The van der Waals surface area contributed by atoms with Gasteiger partial charge in [0.2, 0.25) is 0 Å². The topological polar surface area (TPSA) is 68.8 Å². The van der Waals surface area contributed by atoms with Crippen LogP contribution in [-0.4, -0.2) is 42.4 Å². The van der Waals surface area contributed by atoms with Crippen LogP contribution in [0.5, 0.6) is 0 Å². The Balaban J connectivity index is 1.46. The van der Waals surface area contributed by atoms with Crippen LogP contribution in [0.3, 0.4) is 0 Å². The number of amides is 1. The summed E-state index contributed by atoms with van der Waals surface area (Å²) >= 11 is 0. The summed E-state index contributed by atoms with van der Waals surface area (Å²) in [7, 11) is 1.82. The van der Waals surface area contributed by atoms with Crippen LogP contribution in [0.15, 0.2) is 79.3 Å². The van der Waals surface area contributed by atoms with E-state index in [4.69, 9.17) is 4.98 Å². The van der Waals surface area contributed by atoms with Crippen molar-refractivity contribution in [2.45, 2.75) is 39.9 Å². The number of nitrogens with zero attached hydrogens (tertiary/aromatic N) is 6. The molecule has 0 saturated carbocycles. The van der Waals surface area contributed by atoms with Crippen molar-refractivity contribution in [1.82, 2.24) is 29.4 Å². The van der Waals surface area contributed by atoms with Crippen molar-refractivity contribution in [3.05, 3.63) is 102 Å². The third kappa shape index (κ3) is 4.64. The molecular weight excluding hydrogens is 448 g/mol. The number of carbonyl (C=O) groups is 1. The van der Waals surface area contributed by atoms with Crippen LogP contribution < -0.4 is 0 Å². The lowest BCUT2D eigenvalue weighted by molar-refractivity contribution is 0.0787. The van der Waals surface area contributed by atoms with Crippen molar-refractivity contribution >= 4 is 16.9 Å². The molecule has 36 heavy (non-hydrogen) atoms. The molecule has 0 unspecified atom stereocenters. The van der Waals surface area contributed by atoms with Crippen molar-refractivity contribution in [3.63, 3.8) is 0 Å². The van der Waals surface area contributed by atoms with Gasteiger partial charge in [0.25, 0.3) is 5.91 Å². The number of hydrogen-bond donors (Lipinski definition) is 0. The maximum atomic E-state index is 13.7. The van der Waals surface area contributed by atoms with Crippen LogP contribution in [0.25, 0.3) is 22.3 Å². The molecule has 0 bridgehead atoms. The molecule has 7 nitrogen and oxygen atoms in total. The number of rotatable bonds is 7. The summed E-state index contributed by atoms with van der Waals surface area (Å²) in [5.74, 6) is -0.0728. The van der Waals surface area contributed by atoms with Gasteiger partial charge in [-0.25, -0.2) is 9.67 Å². The Labute approximate surface area is 211 Å². The molecule has 2 aromatic carbocycles. The van der Waals surface area contributed by atoms with E-state index in [-0.39, 0.29) is 11.9 Å². The SMILES string of the molecule is Cc1ccccc1-c1cc(C(=O)N(C)Cc2cnn(Cc3ccccc3)c2)c2cnn(C(C)C)c2n1. The number of aryl methyl sites for hydroxylation is 1. The van der Waals surface area contributed by atoms with Gasteiger partial charge in [-0.3, -0.25) is 9.48 Å². The fourth-order valence-corrected chi connectivity index (χ4v) is 4.47. The second-order valence-electron chi connectivity index (χ2n) is 9.48. The number of pyridine rings is 1. The Kier molecular flexibility index (Phi) is 6.38. The van der Waals surface area contributed by atoms with Crippen molar-refractivity contribution in [2.24, 2.45) is 0 Å². The Bertz CT molecular complexity index is 1520. The van der Waals surface area contributed by atoms with Gasteiger partial charge in [-0.1, -0.05) is 54.6 Å². The Morgan fingerprint density at radius 2 is 1.72 bits per heavy atom. The van der Waals surface area contributed by atoms with E-state index in [9.17, 15) is 4.79 Å². The standard InChI is InChI=1S/C29H30N6O/c1-20(2)35-28-26(16-31-35)25(14-27(32-28)24-13-9-8-10-21(24)3)29(36)33(4)17-23-15-30-34(19-23)18-22-11-6-5-7-12-22/h5-16,19-20H,17-18H2,1-4H3. The zero-order chi connectivity index (χ0) is 25.2. The van der Waals surface area contributed by atoms with Crippen molar-refractivity contribution < 1.29 is 4.79 Å². The van der Waals surface area contributed by atoms with E-state index < -0.39 is 0 Å². The van der Waals surface area contributed by atoms with E-state index in [1.165, 1.54) is 5.56 Å². The number of benzene rings is 2. The largest absolute Gasteiger partial charge is 0.337 e. The number of carbonyl (C=O) groups excluding carboxylic acids is 1. The van der Waals surface area contributed by atoms with Gasteiger partial charge in [0.1, 0.15) is 0 Å². The molecule has 3 aromatic heterocycles. The molecule has 0 radical (unpaired) electrons. The van der Waals surface area contributed by atoms with Crippen LogP contribution in [0, 0.1) is 6.92 Å². The second-order valence-corrected chi connectivity index (χ2v) is 9.48. The Hall–Kier alpha value is -4.26. The first-order valence-corrected chi connectivity index (χ1v) is 12.2. The van der Waals surface area contributed by atoms with Crippen LogP contribution in [0.4, 0.5) is 0 Å². The van der Waals surface area contributed by atoms with E-state index >= 15 is 0 Å². The van der Waals surface area contributed by atoms with Gasteiger partial charge in [0.05, 0.1) is 35.6 Å². The average molecular weight is 479 g/mol. The van der Waals surface area contributed by atoms with Crippen LogP contribution in [-0.2, 0) is 13.1 Å². The fraction of sp³-hybridized carbons (Fsp3) is 0.241. The number of fused-ring (bicyclic) bond motifs is 1. The maximum absolute atomic E-state index is 13.7. The summed E-state index contributed by atoms with van der Waals surface area (Å²) in [6, 6.07) is 20.3. The van der Waals surface area contributed by atoms with Crippen molar-refractivity contribution in [2.75, 3.05) is 7.05 Å². The average Bonchev–Trinajstić information content (AvgIpc) is 3.50. The van der Waals surface area contributed by atoms with Gasteiger partial charge in [-0.2, -0.15) is 10.2 Å². The van der Waals surface area contributed by atoms with Gasteiger partial charge in [-0.15, -0.1) is 0 Å². The molecule has 0 aliphatic heterocycles. The highest BCUT2D eigenvalue weighted by Crippen LogP contribution is 2.29. The zero-order valence-electron chi connectivity index (χ0n) is 21.1. The van der Waals surface area contributed by atoms with E-state index in [2.05, 4.69) is 49.2 Å². The lowest BCUT2D eigenvalue weighted by Gasteiger charge is -2.18. The van der Waals surface area contributed by atoms with Crippen molar-refractivity contribution in [1.29, 1.82) is 0 Å². The Morgan fingerprint density at radius 3 is 2.47 bits per heavy atom. The van der Waals surface area contributed by atoms with Gasteiger partial charge in [-0.05, 0) is 38.0 Å². The van der Waals surface area contributed by atoms with Crippen LogP contribution >= 0.6 is 0 Å². The van der Waals surface area contributed by atoms with Gasteiger partial charge < -0.3 is 4.90 Å². The molecule has 0 spiro atoms. The lowest BCUT2D eigenvalue weighted by atomic mass is 10.0. The van der Waals surface area contributed by atoms with Gasteiger partial charge in [0, 0.05) is 37.0 Å². The third-order valence-corrected chi connectivity index (χ3v) is 6.35. The third-order valence-electron chi connectivity index (χ3n) is 6.35. The fourth-order valence-electron chi connectivity index (χ4n) is 4.47. The molecule has 1 amide bonds. The summed E-state index contributed by atoms with van der Waals surface area (Å²) in [4.78, 5) is 20.4. The molecule has 0 aliphatic carbocycles. The van der Waals surface area contributed by atoms with E-state index in [0.717, 1.165) is 33.4 Å². The molecule has 0 saturated heterocycles. The van der Waals surface area contributed by atoms with E-state index in [0.29, 0.717) is 18.7 Å². The number of hydrogen-bond acceptors (Lipinski definition) is 4. The summed E-state index contributed by atoms with van der Waals surface area (Å²) in [6.07, 6.45) is 5.57. The van der Waals surface area contributed by atoms with Crippen LogP contribution in [0.1, 0.15) is 46.9 Å². The van der Waals surface area contributed by atoms with E-state index in [1.807, 2.05) is 71.3 Å². The quantitative estimate of drug-likeness (QED) is 0.310. The molecule has 0 fully saturated rings. The summed E-state index contributed by atoms with van der Waals surface area (Å²) < 4.78 is 3.78. The zero-order valence-corrected chi connectivity index (χ0v) is 21.1. The van der Waals surface area contributed by atoms with Gasteiger partial charge in [0.15, 0.2) is 5.65 Å². The molecule has 5 aromatic rings. The first-order chi connectivity index (χ1) is 17.4. The summed E-state index contributed by atoms with van der Waals surface area (Å²) in [6.45, 7) is 7.33. The normalized spacial score (nSPS) is 11.4. The first kappa shape index (κ1) is 23.5. The van der Waals surface area contributed by atoms with E-state index in [1.54, 1.807) is 11.1 Å². The predicted molar refractivity (Wildman–Crippen MR) is 142 cm³/mol.